The van der Waals surface area contributed by atoms with Crippen LogP contribution in [-0.4, -0.2) is 16.1 Å². The second-order valence-corrected chi connectivity index (χ2v) is 5.88. The number of amidine groups is 1. The number of hydrogen-bond donors (Lipinski definition) is 2. The fourth-order valence-electron chi connectivity index (χ4n) is 2.14. The number of hydrogen-bond acceptors (Lipinski definition) is 3. The molecule has 5 heteroatoms. The van der Waals surface area contributed by atoms with Crippen LogP contribution in [0.5, 0.6) is 0 Å². The molecular formula is C16H15N3OS. The van der Waals surface area contributed by atoms with E-state index in [4.69, 9.17) is 0 Å². The average Bonchev–Trinajstić information content (AvgIpc) is 2.94. The molecule has 0 bridgehead atoms. The second kappa shape index (κ2) is 5.61. The standard InChI is InChI=1S/C16H15N3OS/c1-10-8-12(11(2)17-10)9-14-15(20)19-16(21-14)18-13-6-4-3-5-7-13/h3-9,17H,1-2H3,(H,18,19,20). The van der Waals surface area contributed by atoms with Crippen molar-refractivity contribution in [3.05, 3.63) is 58.3 Å². The van der Waals surface area contributed by atoms with Crippen molar-refractivity contribution in [1.82, 2.24) is 10.3 Å². The maximum Gasteiger partial charge on any atom is 0.264 e. The zero-order valence-corrected chi connectivity index (χ0v) is 12.6. The molecule has 21 heavy (non-hydrogen) atoms. The van der Waals surface area contributed by atoms with Gasteiger partial charge in [0.05, 0.1) is 10.6 Å². The van der Waals surface area contributed by atoms with Gasteiger partial charge in [-0.2, -0.15) is 0 Å². The number of thioether (sulfide) groups is 1. The Morgan fingerprint density at radius 3 is 2.62 bits per heavy atom. The highest BCUT2D eigenvalue weighted by Crippen LogP contribution is 2.28. The number of aliphatic imine (C=N–C) groups is 1. The number of benzene rings is 1. The van der Waals surface area contributed by atoms with E-state index in [0.29, 0.717) is 10.1 Å². The fraction of sp³-hybridized carbons (Fsp3) is 0.125. The lowest BCUT2D eigenvalue weighted by molar-refractivity contribution is -0.115. The Morgan fingerprint density at radius 2 is 1.95 bits per heavy atom. The molecular weight excluding hydrogens is 282 g/mol. The zero-order chi connectivity index (χ0) is 14.8. The monoisotopic (exact) mass is 297 g/mol. The molecule has 1 fully saturated rings. The second-order valence-electron chi connectivity index (χ2n) is 4.85. The first-order valence-corrected chi connectivity index (χ1v) is 7.44. The zero-order valence-electron chi connectivity index (χ0n) is 11.8. The Labute approximate surface area is 127 Å². The summed E-state index contributed by atoms with van der Waals surface area (Å²) in [5, 5.41) is 3.41. The summed E-state index contributed by atoms with van der Waals surface area (Å²) in [6, 6.07) is 11.6. The van der Waals surface area contributed by atoms with Crippen LogP contribution in [-0.2, 0) is 4.79 Å². The largest absolute Gasteiger partial charge is 0.362 e. The van der Waals surface area contributed by atoms with Crippen molar-refractivity contribution in [1.29, 1.82) is 0 Å². The van der Waals surface area contributed by atoms with Crippen molar-refractivity contribution in [2.45, 2.75) is 13.8 Å². The maximum absolute atomic E-state index is 12.0. The number of nitrogens with one attached hydrogen (secondary N) is 2. The van der Waals surface area contributed by atoms with Crippen LogP contribution in [0.25, 0.3) is 6.08 Å². The van der Waals surface area contributed by atoms with Crippen LogP contribution in [0.1, 0.15) is 17.0 Å². The van der Waals surface area contributed by atoms with E-state index < -0.39 is 0 Å². The molecule has 2 aromatic rings. The highest BCUT2D eigenvalue weighted by Gasteiger charge is 2.24. The number of carbonyl (C=O) groups excluding carboxylic acids is 1. The molecule has 2 heterocycles. The first-order valence-electron chi connectivity index (χ1n) is 6.62. The number of aromatic nitrogens is 1. The van der Waals surface area contributed by atoms with Crippen molar-refractivity contribution in [2.75, 3.05) is 0 Å². The summed E-state index contributed by atoms with van der Waals surface area (Å²) in [5.41, 5.74) is 4.00. The minimum absolute atomic E-state index is 0.104. The summed E-state index contributed by atoms with van der Waals surface area (Å²) in [7, 11) is 0. The SMILES string of the molecule is Cc1cc(C=C2SC(=Nc3ccccc3)NC2=O)c(C)[nH]1. The van der Waals surface area contributed by atoms with Gasteiger partial charge in [-0.05, 0) is 55.4 Å². The molecule has 0 spiro atoms. The molecule has 1 aliphatic heterocycles. The van der Waals surface area contributed by atoms with Crippen LogP contribution in [0.3, 0.4) is 0 Å². The summed E-state index contributed by atoms with van der Waals surface area (Å²) >= 11 is 1.36. The molecule has 0 atom stereocenters. The van der Waals surface area contributed by atoms with E-state index in [1.807, 2.05) is 56.3 Å². The molecule has 1 aromatic heterocycles. The average molecular weight is 297 g/mol. The smallest absolute Gasteiger partial charge is 0.264 e. The van der Waals surface area contributed by atoms with Crippen molar-refractivity contribution in [3.63, 3.8) is 0 Å². The third-order valence-corrected chi connectivity index (χ3v) is 4.02. The third kappa shape index (κ3) is 3.08. The van der Waals surface area contributed by atoms with Gasteiger partial charge in [-0.25, -0.2) is 4.99 Å². The fourth-order valence-corrected chi connectivity index (χ4v) is 2.97. The Kier molecular flexibility index (Phi) is 3.66. The quantitative estimate of drug-likeness (QED) is 0.833. The third-order valence-electron chi connectivity index (χ3n) is 3.11. The molecule has 2 N–H and O–H groups in total. The molecule has 1 amide bonds. The topological polar surface area (TPSA) is 57.2 Å². The van der Waals surface area contributed by atoms with Crippen molar-refractivity contribution >= 4 is 34.6 Å². The van der Waals surface area contributed by atoms with E-state index in [9.17, 15) is 4.79 Å². The van der Waals surface area contributed by atoms with Crippen LogP contribution >= 0.6 is 11.8 Å². The Hall–Kier alpha value is -2.27. The van der Waals surface area contributed by atoms with Gasteiger partial charge in [0.1, 0.15) is 0 Å². The molecule has 1 aliphatic rings. The van der Waals surface area contributed by atoms with Gasteiger partial charge in [0.2, 0.25) is 0 Å². The number of amides is 1. The molecule has 4 nitrogen and oxygen atoms in total. The van der Waals surface area contributed by atoms with Crippen molar-refractivity contribution in [2.24, 2.45) is 4.99 Å². The predicted molar refractivity (Wildman–Crippen MR) is 87.5 cm³/mol. The van der Waals surface area contributed by atoms with Crippen molar-refractivity contribution < 1.29 is 4.79 Å². The highest BCUT2D eigenvalue weighted by molar-refractivity contribution is 8.18. The van der Waals surface area contributed by atoms with Gasteiger partial charge in [0, 0.05) is 11.4 Å². The van der Waals surface area contributed by atoms with Gasteiger partial charge in [0.25, 0.3) is 5.91 Å². The Bertz CT molecular complexity index is 744. The summed E-state index contributed by atoms with van der Waals surface area (Å²) in [6.07, 6.45) is 1.90. The van der Waals surface area contributed by atoms with Gasteiger partial charge >= 0.3 is 0 Å². The number of nitrogens with zero attached hydrogens (tertiary/aromatic N) is 1. The van der Waals surface area contributed by atoms with Gasteiger partial charge in [-0.3, -0.25) is 4.79 Å². The predicted octanol–water partition coefficient (Wildman–Crippen LogP) is 3.52. The van der Waals surface area contributed by atoms with E-state index in [1.54, 1.807) is 0 Å². The maximum atomic E-state index is 12.0. The van der Waals surface area contributed by atoms with Crippen LogP contribution in [0.2, 0.25) is 0 Å². The van der Waals surface area contributed by atoms with Crippen LogP contribution in [0, 0.1) is 13.8 Å². The first kappa shape index (κ1) is 13.7. The highest BCUT2D eigenvalue weighted by atomic mass is 32.2. The molecule has 0 radical (unpaired) electrons. The lowest BCUT2D eigenvalue weighted by atomic mass is 10.2. The van der Waals surface area contributed by atoms with E-state index in [-0.39, 0.29) is 5.91 Å². The molecule has 106 valence electrons. The number of para-hydroxylation sites is 1. The van der Waals surface area contributed by atoms with Gasteiger partial charge in [0.15, 0.2) is 5.17 Å². The molecule has 3 rings (SSSR count). The summed E-state index contributed by atoms with van der Waals surface area (Å²) in [5.74, 6) is -0.104. The normalized spacial score (nSPS) is 18.5. The van der Waals surface area contributed by atoms with Gasteiger partial charge < -0.3 is 10.3 Å². The van der Waals surface area contributed by atoms with Crippen LogP contribution in [0.15, 0.2) is 46.3 Å². The van der Waals surface area contributed by atoms with E-state index in [2.05, 4.69) is 15.3 Å². The minimum atomic E-state index is -0.104. The van der Waals surface area contributed by atoms with E-state index >= 15 is 0 Å². The van der Waals surface area contributed by atoms with Crippen LogP contribution in [0.4, 0.5) is 5.69 Å². The number of carbonyl (C=O) groups is 1. The summed E-state index contributed by atoms with van der Waals surface area (Å²) in [6.45, 7) is 4.00. The van der Waals surface area contributed by atoms with Gasteiger partial charge in [-0.15, -0.1) is 0 Å². The number of aryl methyl sites for hydroxylation is 2. The summed E-state index contributed by atoms with van der Waals surface area (Å²) in [4.78, 5) is 20.3. The molecule has 1 saturated heterocycles. The Balaban J connectivity index is 1.85. The Morgan fingerprint density at radius 1 is 1.19 bits per heavy atom. The number of rotatable bonds is 2. The van der Waals surface area contributed by atoms with Crippen molar-refractivity contribution in [3.8, 4) is 0 Å². The van der Waals surface area contributed by atoms with Gasteiger partial charge in [-0.1, -0.05) is 18.2 Å². The first-order chi connectivity index (χ1) is 10.1. The minimum Gasteiger partial charge on any atom is -0.362 e. The summed E-state index contributed by atoms with van der Waals surface area (Å²) < 4.78 is 0. The molecule has 0 aliphatic carbocycles. The number of aromatic amines is 1. The molecule has 1 aromatic carbocycles. The molecule has 0 saturated carbocycles. The lowest BCUT2D eigenvalue weighted by Gasteiger charge is -1.94. The van der Waals surface area contributed by atoms with Crippen LogP contribution < -0.4 is 5.32 Å². The van der Waals surface area contributed by atoms with E-state index in [0.717, 1.165) is 22.6 Å². The lowest BCUT2D eigenvalue weighted by Crippen LogP contribution is -2.19. The number of H-pyrrole nitrogens is 1. The van der Waals surface area contributed by atoms with E-state index in [1.165, 1.54) is 11.8 Å². The molecule has 0 unspecified atom stereocenters.